The highest BCUT2D eigenvalue weighted by Gasteiger charge is 2.36. The molecule has 1 saturated heterocycles. The number of nitrogens with zero attached hydrogens (tertiary/aromatic N) is 1. The van der Waals surface area contributed by atoms with E-state index in [1.807, 2.05) is 0 Å². The molecule has 1 amide bonds. The largest absolute Gasteiger partial charge is 0.446 e. The van der Waals surface area contributed by atoms with E-state index in [-0.39, 0.29) is 19.7 Å². The Morgan fingerprint density at radius 3 is 2.71 bits per heavy atom. The van der Waals surface area contributed by atoms with Crippen LogP contribution in [0.3, 0.4) is 0 Å². The zero-order valence-electron chi connectivity index (χ0n) is 12.6. The van der Waals surface area contributed by atoms with Crippen LogP contribution in [0.4, 0.5) is 4.79 Å². The lowest BCUT2D eigenvalue weighted by Gasteiger charge is -2.18. The molecular formula is C11H20N2O4. The highest BCUT2D eigenvalue weighted by molar-refractivity contribution is 5.83. The quantitative estimate of drug-likeness (QED) is 0.718. The van der Waals surface area contributed by atoms with Crippen molar-refractivity contribution < 1.29 is 21.7 Å². The molecule has 1 fully saturated rings. The van der Waals surface area contributed by atoms with Gasteiger partial charge >= 0.3 is 6.09 Å². The summed E-state index contributed by atoms with van der Waals surface area (Å²) in [6.07, 6.45) is -1.23. The summed E-state index contributed by atoms with van der Waals surface area (Å²) in [5.74, 6) is -1.17. The molecule has 1 aliphatic heterocycles. The van der Waals surface area contributed by atoms with Gasteiger partial charge < -0.3 is 14.2 Å². The van der Waals surface area contributed by atoms with Crippen molar-refractivity contribution in [3.63, 3.8) is 0 Å². The first-order chi connectivity index (χ1) is 8.71. The van der Waals surface area contributed by atoms with Crippen LogP contribution in [0.1, 0.15) is 44.2 Å². The summed E-state index contributed by atoms with van der Waals surface area (Å²) in [6, 6.07) is 0. The number of carbonyl (C=O) groups is 1. The van der Waals surface area contributed by atoms with E-state index >= 15 is 0 Å². The second-order valence-electron chi connectivity index (χ2n) is 4.84. The number of rotatable bonds is 1. The van der Waals surface area contributed by atoms with Crippen LogP contribution < -0.4 is 5.43 Å². The number of hydrogen-bond donors (Lipinski definition) is 1. The summed E-state index contributed by atoms with van der Waals surface area (Å²) in [5, 5.41) is 3.76. The van der Waals surface area contributed by atoms with Gasteiger partial charge in [0.05, 0.1) is 0 Å². The molecule has 1 heterocycles. The number of nitrogens with one attached hydrogen (secondary N) is 1. The van der Waals surface area contributed by atoms with Crippen LogP contribution in [0.2, 0.25) is 0 Å². The summed E-state index contributed by atoms with van der Waals surface area (Å²) in [5.41, 5.74) is 1.58. The molecule has 0 aliphatic carbocycles. The van der Waals surface area contributed by atoms with E-state index in [2.05, 4.69) is 10.5 Å². The predicted octanol–water partition coefficient (Wildman–Crippen LogP) is 2.00. The van der Waals surface area contributed by atoms with E-state index < -0.39 is 23.6 Å². The molecule has 6 nitrogen and oxygen atoms in total. The average molecular weight is 246 g/mol. The van der Waals surface area contributed by atoms with Gasteiger partial charge in [-0.05, 0) is 27.7 Å². The number of hydrazone groups is 1. The molecule has 1 atom stereocenters. The van der Waals surface area contributed by atoms with E-state index in [4.69, 9.17) is 17.0 Å². The third-order valence-electron chi connectivity index (χ3n) is 1.69. The maximum atomic E-state index is 11.4. The van der Waals surface area contributed by atoms with E-state index in [0.717, 1.165) is 0 Å². The molecule has 6 heteroatoms. The molecule has 17 heavy (non-hydrogen) atoms. The first-order valence-corrected chi connectivity index (χ1v) is 5.23. The molecule has 1 rings (SSSR count). The summed E-state index contributed by atoms with van der Waals surface area (Å²) in [7, 11) is 0. The monoisotopic (exact) mass is 246 g/mol. The molecule has 0 bridgehead atoms. The molecule has 0 unspecified atom stereocenters. The van der Waals surface area contributed by atoms with Crippen LogP contribution in [0.25, 0.3) is 0 Å². The van der Waals surface area contributed by atoms with Gasteiger partial charge in [-0.2, -0.15) is 0 Å². The lowest BCUT2D eigenvalue weighted by atomic mass is 10.2. The third-order valence-corrected chi connectivity index (χ3v) is 1.69. The minimum atomic E-state index is -1.30. The Hall–Kier alpha value is -1.30. The van der Waals surface area contributed by atoms with Crippen molar-refractivity contribution in [1.29, 1.82) is 0 Å². The molecule has 0 aromatic rings. The molecule has 0 aromatic heterocycles. The average Bonchev–Trinajstić information content (AvgIpc) is 2.62. The third kappa shape index (κ3) is 4.60. The van der Waals surface area contributed by atoms with Crippen LogP contribution in [0.5, 0.6) is 0 Å². The molecule has 1 aliphatic rings. The van der Waals surface area contributed by atoms with Crippen molar-refractivity contribution >= 4 is 12.0 Å². The summed E-state index contributed by atoms with van der Waals surface area (Å²) in [6.45, 7) is 6.45. The number of amides is 1. The maximum absolute atomic E-state index is 11.4. The summed E-state index contributed by atoms with van der Waals surface area (Å²) >= 11 is 0. The Bertz CT molecular complexity index is 364. The highest BCUT2D eigenvalue weighted by atomic mass is 16.7. The minimum Gasteiger partial charge on any atom is -0.446 e. The first kappa shape index (κ1) is 10.8. The van der Waals surface area contributed by atoms with Crippen molar-refractivity contribution in [2.45, 2.75) is 59.0 Å². The Morgan fingerprint density at radius 1 is 1.59 bits per heavy atom. The van der Waals surface area contributed by atoms with Crippen LogP contribution in [-0.4, -0.2) is 29.5 Å². The van der Waals surface area contributed by atoms with E-state index in [1.165, 1.54) is 0 Å². The standard InChI is InChI=1S/C11H20N2O4/c1-7-8(16-11(5,6)15-7)12-13-9(14)17-10(2,3)4/h7H,1-6H3,(H,13,14)/t7-/m0/s1/i5D,6D. The molecule has 98 valence electrons. The van der Waals surface area contributed by atoms with Crippen molar-refractivity contribution in [3.8, 4) is 0 Å². The van der Waals surface area contributed by atoms with Gasteiger partial charge in [0.15, 0.2) is 0 Å². The van der Waals surface area contributed by atoms with Gasteiger partial charge in [-0.3, -0.25) is 0 Å². The Kier molecular flexibility index (Phi) is 2.88. The van der Waals surface area contributed by atoms with Crippen LogP contribution in [0, 0.1) is 0 Å². The summed E-state index contributed by atoms with van der Waals surface area (Å²) in [4.78, 5) is 11.4. The maximum Gasteiger partial charge on any atom is 0.428 e. The number of ether oxygens (including phenoxy) is 3. The zero-order chi connectivity index (χ0) is 14.7. The fraction of sp³-hybridized carbons (Fsp3) is 0.818. The van der Waals surface area contributed by atoms with Gasteiger partial charge in [0, 0.05) is 16.5 Å². The van der Waals surface area contributed by atoms with Gasteiger partial charge in [0.25, 0.3) is 0 Å². The van der Waals surface area contributed by atoms with Crippen molar-refractivity contribution in [2.75, 3.05) is 0 Å². The second-order valence-corrected chi connectivity index (χ2v) is 4.84. The Labute approximate surface area is 104 Å². The van der Waals surface area contributed by atoms with E-state index in [9.17, 15) is 4.79 Å². The summed E-state index contributed by atoms with van der Waals surface area (Å²) < 4.78 is 30.4. The Balaban J connectivity index is 2.61. The molecule has 1 N–H and O–H groups in total. The molecule has 0 aromatic carbocycles. The van der Waals surface area contributed by atoms with Crippen LogP contribution in [0.15, 0.2) is 5.10 Å². The van der Waals surface area contributed by atoms with Crippen LogP contribution in [-0.2, 0) is 14.2 Å². The highest BCUT2D eigenvalue weighted by Crippen LogP contribution is 2.23. The fourth-order valence-electron chi connectivity index (χ4n) is 1.19. The van der Waals surface area contributed by atoms with E-state index in [1.54, 1.807) is 27.7 Å². The molecule has 0 saturated carbocycles. The van der Waals surface area contributed by atoms with Gasteiger partial charge in [0.1, 0.15) is 11.7 Å². The SMILES string of the molecule is [2H]CC1(C[2H])OC(=NNC(=O)OC(C)(C)C)[C@H](C)O1. The van der Waals surface area contributed by atoms with Crippen LogP contribution >= 0.6 is 0 Å². The van der Waals surface area contributed by atoms with Crippen molar-refractivity contribution in [3.05, 3.63) is 0 Å². The first-order valence-electron chi connectivity index (χ1n) is 6.65. The van der Waals surface area contributed by atoms with Gasteiger partial charge in [-0.1, -0.05) is 0 Å². The lowest BCUT2D eigenvalue weighted by molar-refractivity contribution is -0.124. The minimum absolute atomic E-state index is 0.130. The predicted molar refractivity (Wildman–Crippen MR) is 62.5 cm³/mol. The fourth-order valence-corrected chi connectivity index (χ4v) is 1.19. The van der Waals surface area contributed by atoms with Gasteiger partial charge in [-0.25, -0.2) is 10.2 Å². The van der Waals surface area contributed by atoms with Crippen molar-refractivity contribution in [2.24, 2.45) is 5.10 Å². The normalized spacial score (nSPS) is 27.1. The molecule has 0 spiro atoms. The molecular weight excluding hydrogens is 224 g/mol. The van der Waals surface area contributed by atoms with Gasteiger partial charge in [0.2, 0.25) is 11.7 Å². The smallest absolute Gasteiger partial charge is 0.428 e. The molecule has 0 radical (unpaired) electrons. The number of carbonyl (C=O) groups excluding carboxylic acids is 1. The van der Waals surface area contributed by atoms with Gasteiger partial charge in [-0.15, -0.1) is 5.10 Å². The zero-order valence-corrected chi connectivity index (χ0v) is 10.6. The Morgan fingerprint density at radius 2 is 2.24 bits per heavy atom. The van der Waals surface area contributed by atoms with E-state index in [0.29, 0.717) is 0 Å². The second kappa shape index (κ2) is 4.52. The van der Waals surface area contributed by atoms with Crippen molar-refractivity contribution in [1.82, 2.24) is 5.43 Å². The topological polar surface area (TPSA) is 69.2 Å². The lowest BCUT2D eigenvalue weighted by Crippen LogP contribution is -2.31. The number of hydrogen-bond acceptors (Lipinski definition) is 5.